The van der Waals surface area contributed by atoms with E-state index in [-0.39, 0.29) is 5.41 Å². The highest BCUT2D eigenvalue weighted by molar-refractivity contribution is 5.24. The summed E-state index contributed by atoms with van der Waals surface area (Å²) >= 11 is 0. The van der Waals surface area contributed by atoms with Crippen LogP contribution in [0.4, 0.5) is 0 Å². The summed E-state index contributed by atoms with van der Waals surface area (Å²) in [7, 11) is 3.60. The van der Waals surface area contributed by atoms with Crippen LogP contribution in [0, 0.1) is 34.5 Å². The maximum absolute atomic E-state index is 11.1. The maximum Gasteiger partial charge on any atom is 0.0883 e. The summed E-state index contributed by atoms with van der Waals surface area (Å²) in [6.45, 7) is 6.16. The molecule has 4 aliphatic rings. The monoisotopic (exact) mass is 376 g/mol. The third kappa shape index (κ3) is 2.95. The van der Waals surface area contributed by atoms with Gasteiger partial charge in [0.15, 0.2) is 0 Å². The Morgan fingerprint density at radius 2 is 1.78 bits per heavy atom. The lowest BCUT2D eigenvalue weighted by molar-refractivity contribution is -0.182. The molecule has 3 nitrogen and oxygen atoms in total. The van der Waals surface area contributed by atoms with E-state index in [1.807, 2.05) is 7.11 Å². The Kier molecular flexibility index (Phi) is 5.27. The summed E-state index contributed by atoms with van der Waals surface area (Å²) in [5, 5.41) is 11.1. The molecular weight excluding hydrogens is 336 g/mol. The van der Waals surface area contributed by atoms with E-state index in [9.17, 15) is 5.11 Å². The average molecular weight is 377 g/mol. The smallest absolute Gasteiger partial charge is 0.0883 e. The molecule has 0 aromatic heterocycles. The number of rotatable bonds is 4. The van der Waals surface area contributed by atoms with Crippen LogP contribution in [0.2, 0.25) is 0 Å². The lowest BCUT2D eigenvalue weighted by Crippen LogP contribution is -2.59. The second-order valence-corrected chi connectivity index (χ2v) is 10.5. The molecular formula is C24H40O3. The minimum atomic E-state index is -0.627. The molecule has 7 atom stereocenters. The zero-order valence-corrected chi connectivity index (χ0v) is 17.9. The van der Waals surface area contributed by atoms with Crippen molar-refractivity contribution < 1.29 is 14.6 Å². The first-order chi connectivity index (χ1) is 12.9. The van der Waals surface area contributed by atoms with E-state index < -0.39 is 5.60 Å². The zero-order valence-electron chi connectivity index (χ0n) is 17.9. The molecule has 0 saturated heterocycles. The normalized spacial score (nSPS) is 50.9. The second-order valence-electron chi connectivity index (χ2n) is 10.5. The van der Waals surface area contributed by atoms with Crippen molar-refractivity contribution in [3.63, 3.8) is 0 Å². The first kappa shape index (κ1) is 19.9. The molecule has 4 rings (SSSR count). The minimum Gasteiger partial charge on any atom is -0.387 e. The first-order valence-corrected chi connectivity index (χ1v) is 11.3. The molecule has 0 aliphatic heterocycles. The van der Waals surface area contributed by atoms with Crippen LogP contribution in [0.5, 0.6) is 0 Å². The SMILES string of the molecule is C/C=C1/CC[C@H]2[C@@H]3CC[C@H]4C[C@@](O)(COC)CC[C@]4(COC)[C@H]3CC[C@]12C. The van der Waals surface area contributed by atoms with Crippen molar-refractivity contribution >= 4 is 0 Å². The Bertz CT molecular complexity index is 586. The van der Waals surface area contributed by atoms with E-state index in [0.29, 0.717) is 17.9 Å². The standard InChI is InChI=1S/C24H40O3/c1-5-17-7-9-20-19-8-6-18-14-23(25,15-26-3)12-13-24(18,16-27-4)21(19)10-11-22(17,20)2/h5,18-21,25H,6-16H2,1-4H3/b17-5-/t18-,19-,20-,21-,22+,23+,24+/m0/s1. The van der Waals surface area contributed by atoms with Crippen LogP contribution in [0.25, 0.3) is 0 Å². The fraction of sp³-hybridized carbons (Fsp3) is 0.917. The van der Waals surface area contributed by atoms with Gasteiger partial charge in [0.25, 0.3) is 0 Å². The van der Waals surface area contributed by atoms with Crippen LogP contribution in [0.3, 0.4) is 0 Å². The lowest BCUT2D eigenvalue weighted by atomic mass is 9.44. The van der Waals surface area contributed by atoms with Crippen molar-refractivity contribution in [3.05, 3.63) is 11.6 Å². The highest BCUT2D eigenvalue weighted by Crippen LogP contribution is 2.68. The summed E-state index contributed by atoms with van der Waals surface area (Å²) in [5.74, 6) is 3.07. The van der Waals surface area contributed by atoms with Gasteiger partial charge in [-0.2, -0.15) is 0 Å². The molecule has 1 N–H and O–H groups in total. The molecule has 0 heterocycles. The van der Waals surface area contributed by atoms with Crippen LogP contribution < -0.4 is 0 Å². The lowest BCUT2D eigenvalue weighted by Gasteiger charge is -2.62. The van der Waals surface area contributed by atoms with Gasteiger partial charge in [0.05, 0.1) is 18.8 Å². The number of fused-ring (bicyclic) bond motifs is 5. The highest BCUT2D eigenvalue weighted by Gasteiger charge is 2.61. The topological polar surface area (TPSA) is 38.7 Å². The van der Waals surface area contributed by atoms with Crippen LogP contribution in [-0.4, -0.2) is 38.1 Å². The third-order valence-electron chi connectivity index (χ3n) is 9.54. The van der Waals surface area contributed by atoms with Gasteiger partial charge in [-0.25, -0.2) is 0 Å². The molecule has 154 valence electrons. The van der Waals surface area contributed by atoms with E-state index in [4.69, 9.17) is 9.47 Å². The Balaban J connectivity index is 1.63. The van der Waals surface area contributed by atoms with Crippen molar-refractivity contribution in [1.82, 2.24) is 0 Å². The summed E-state index contributed by atoms with van der Waals surface area (Å²) in [5.41, 5.74) is 1.82. The maximum atomic E-state index is 11.1. The van der Waals surface area contributed by atoms with Gasteiger partial charge in [0, 0.05) is 14.2 Å². The second kappa shape index (κ2) is 7.15. The van der Waals surface area contributed by atoms with Gasteiger partial charge in [-0.15, -0.1) is 0 Å². The van der Waals surface area contributed by atoms with Crippen LogP contribution in [0.15, 0.2) is 11.6 Å². The van der Waals surface area contributed by atoms with Gasteiger partial charge in [0.1, 0.15) is 0 Å². The van der Waals surface area contributed by atoms with Crippen LogP contribution >= 0.6 is 0 Å². The quantitative estimate of drug-likeness (QED) is 0.703. The molecule has 3 heteroatoms. The summed E-state index contributed by atoms with van der Waals surface area (Å²) in [6.07, 6.45) is 13.3. The van der Waals surface area contributed by atoms with Gasteiger partial charge < -0.3 is 14.6 Å². The Morgan fingerprint density at radius 3 is 2.48 bits per heavy atom. The predicted octanol–water partition coefficient (Wildman–Crippen LogP) is 4.98. The van der Waals surface area contributed by atoms with Crippen LogP contribution in [0.1, 0.15) is 71.6 Å². The molecule has 0 aromatic carbocycles. The molecule has 0 aromatic rings. The molecule has 0 bridgehead atoms. The third-order valence-corrected chi connectivity index (χ3v) is 9.54. The Hall–Kier alpha value is -0.380. The van der Waals surface area contributed by atoms with Gasteiger partial charge in [-0.3, -0.25) is 0 Å². The molecule has 0 spiro atoms. The highest BCUT2D eigenvalue weighted by atomic mass is 16.5. The van der Waals surface area contributed by atoms with Crippen LogP contribution in [-0.2, 0) is 9.47 Å². The summed E-state index contributed by atoms with van der Waals surface area (Å²) < 4.78 is 11.2. The van der Waals surface area contributed by atoms with E-state index in [0.717, 1.165) is 43.6 Å². The predicted molar refractivity (Wildman–Crippen MR) is 109 cm³/mol. The number of methoxy groups -OCH3 is 2. The van der Waals surface area contributed by atoms with Gasteiger partial charge >= 0.3 is 0 Å². The van der Waals surface area contributed by atoms with E-state index >= 15 is 0 Å². The van der Waals surface area contributed by atoms with Crippen molar-refractivity contribution in [2.45, 2.75) is 77.2 Å². The summed E-state index contributed by atoms with van der Waals surface area (Å²) in [6, 6.07) is 0. The fourth-order valence-corrected chi connectivity index (χ4v) is 8.40. The van der Waals surface area contributed by atoms with Gasteiger partial charge in [-0.1, -0.05) is 18.6 Å². The molecule has 0 radical (unpaired) electrons. The Morgan fingerprint density at radius 1 is 1.00 bits per heavy atom. The van der Waals surface area contributed by atoms with E-state index in [2.05, 4.69) is 19.9 Å². The molecule has 4 aliphatic carbocycles. The fourth-order valence-electron chi connectivity index (χ4n) is 8.40. The van der Waals surface area contributed by atoms with Crippen molar-refractivity contribution in [2.75, 3.05) is 27.4 Å². The number of allylic oxidation sites excluding steroid dienone is 2. The average Bonchev–Trinajstić information content (AvgIpc) is 2.99. The molecule has 0 amide bonds. The van der Waals surface area contributed by atoms with Crippen molar-refractivity contribution in [3.8, 4) is 0 Å². The number of ether oxygens (including phenoxy) is 2. The molecule has 0 unspecified atom stereocenters. The largest absolute Gasteiger partial charge is 0.387 e. The number of hydrogen-bond acceptors (Lipinski definition) is 3. The number of hydrogen-bond donors (Lipinski definition) is 1. The zero-order chi connectivity index (χ0) is 19.3. The first-order valence-electron chi connectivity index (χ1n) is 11.3. The van der Waals surface area contributed by atoms with Gasteiger partial charge in [0.2, 0.25) is 0 Å². The Labute approximate surface area is 165 Å². The number of aliphatic hydroxyl groups is 1. The summed E-state index contributed by atoms with van der Waals surface area (Å²) in [4.78, 5) is 0. The molecule has 4 fully saturated rings. The molecule has 4 saturated carbocycles. The van der Waals surface area contributed by atoms with Crippen molar-refractivity contribution in [2.24, 2.45) is 34.5 Å². The minimum absolute atomic E-state index is 0.275. The van der Waals surface area contributed by atoms with E-state index in [1.54, 1.807) is 12.7 Å². The van der Waals surface area contributed by atoms with Gasteiger partial charge in [-0.05, 0) is 99.2 Å². The molecule has 27 heavy (non-hydrogen) atoms. The van der Waals surface area contributed by atoms with E-state index in [1.165, 1.54) is 38.5 Å². The van der Waals surface area contributed by atoms with Crippen molar-refractivity contribution in [1.29, 1.82) is 0 Å².